The molecule has 3 unspecified atom stereocenters. The quantitative estimate of drug-likeness (QED) is 0.809. The number of hydrogen-bond donors (Lipinski definition) is 1. The van der Waals surface area contributed by atoms with Crippen LogP contribution in [0, 0.1) is 12.8 Å². The van der Waals surface area contributed by atoms with Crippen LogP contribution in [0.25, 0.3) is 0 Å². The zero-order chi connectivity index (χ0) is 14.5. The molecule has 2 heteroatoms. The third kappa shape index (κ3) is 3.76. The van der Waals surface area contributed by atoms with Crippen LogP contribution in [0.3, 0.4) is 0 Å². The maximum absolute atomic E-state index is 5.52. The second-order valence-corrected chi connectivity index (χ2v) is 6.36. The second kappa shape index (κ2) is 7.12. The number of ether oxygens (including phenoxy) is 1. The van der Waals surface area contributed by atoms with E-state index in [0.717, 1.165) is 11.7 Å². The summed E-state index contributed by atoms with van der Waals surface area (Å²) in [7, 11) is 1.76. The van der Waals surface area contributed by atoms with Crippen LogP contribution in [0.15, 0.2) is 18.2 Å². The highest BCUT2D eigenvalue weighted by Crippen LogP contribution is 2.29. The molecule has 1 aliphatic rings. The molecule has 0 spiro atoms. The summed E-state index contributed by atoms with van der Waals surface area (Å²) in [5.41, 5.74) is 2.58. The summed E-state index contributed by atoms with van der Waals surface area (Å²) in [6, 6.07) is 7.42. The Kier molecular flexibility index (Phi) is 5.47. The fourth-order valence-electron chi connectivity index (χ4n) is 3.34. The first kappa shape index (κ1) is 15.4. The predicted molar refractivity (Wildman–Crippen MR) is 85.3 cm³/mol. The number of nitrogens with one attached hydrogen (secondary N) is 1. The first-order valence-electron chi connectivity index (χ1n) is 8.02. The molecular formula is C18H29NO. The highest BCUT2D eigenvalue weighted by Gasteiger charge is 2.22. The van der Waals surface area contributed by atoms with Gasteiger partial charge < -0.3 is 10.1 Å². The van der Waals surface area contributed by atoms with Gasteiger partial charge in [-0.25, -0.2) is 0 Å². The highest BCUT2D eigenvalue weighted by atomic mass is 16.5. The van der Waals surface area contributed by atoms with E-state index >= 15 is 0 Å². The average molecular weight is 275 g/mol. The fourth-order valence-corrected chi connectivity index (χ4v) is 3.34. The van der Waals surface area contributed by atoms with Crippen molar-refractivity contribution in [3.05, 3.63) is 29.3 Å². The average Bonchev–Trinajstić information content (AvgIpc) is 2.64. The van der Waals surface area contributed by atoms with E-state index in [0.29, 0.717) is 12.1 Å². The molecule has 2 rings (SSSR count). The molecule has 1 N–H and O–H groups in total. The van der Waals surface area contributed by atoms with Crippen LogP contribution >= 0.6 is 0 Å². The van der Waals surface area contributed by atoms with Crippen LogP contribution in [0.4, 0.5) is 0 Å². The Balaban J connectivity index is 2.10. The Bertz CT molecular complexity index is 429. The van der Waals surface area contributed by atoms with Crippen molar-refractivity contribution >= 4 is 0 Å². The molecule has 3 atom stereocenters. The normalized spacial score (nSPS) is 25.0. The van der Waals surface area contributed by atoms with E-state index in [4.69, 9.17) is 4.74 Å². The number of hydrogen-bond acceptors (Lipinski definition) is 2. The Morgan fingerprint density at radius 3 is 2.70 bits per heavy atom. The monoisotopic (exact) mass is 275 g/mol. The molecule has 1 aromatic rings. The Morgan fingerprint density at radius 2 is 1.95 bits per heavy atom. The Hall–Kier alpha value is -1.02. The molecule has 1 fully saturated rings. The third-order valence-corrected chi connectivity index (χ3v) is 4.68. The van der Waals surface area contributed by atoms with Crippen LogP contribution in [-0.4, -0.2) is 13.2 Å². The molecule has 20 heavy (non-hydrogen) atoms. The van der Waals surface area contributed by atoms with Gasteiger partial charge >= 0.3 is 0 Å². The van der Waals surface area contributed by atoms with Crippen LogP contribution < -0.4 is 10.1 Å². The van der Waals surface area contributed by atoms with Gasteiger partial charge in [-0.1, -0.05) is 43.9 Å². The third-order valence-electron chi connectivity index (χ3n) is 4.68. The lowest BCUT2D eigenvalue weighted by molar-refractivity contribution is 0.324. The molecule has 1 aromatic carbocycles. The van der Waals surface area contributed by atoms with Crippen molar-refractivity contribution in [3.8, 4) is 5.75 Å². The van der Waals surface area contributed by atoms with Crippen LogP contribution in [0.5, 0.6) is 5.75 Å². The molecule has 0 amide bonds. The minimum Gasteiger partial charge on any atom is -0.496 e. The van der Waals surface area contributed by atoms with Crippen LogP contribution in [-0.2, 0) is 0 Å². The van der Waals surface area contributed by atoms with E-state index in [2.05, 4.69) is 44.3 Å². The largest absolute Gasteiger partial charge is 0.496 e. The molecule has 112 valence electrons. The SMILES string of the molecule is COc1ccc(C)cc1C(C)NC1CCCCCC1C. The molecule has 0 saturated heterocycles. The van der Waals surface area contributed by atoms with Gasteiger partial charge in [0, 0.05) is 17.6 Å². The van der Waals surface area contributed by atoms with Gasteiger partial charge in [0.05, 0.1) is 7.11 Å². The molecule has 0 aromatic heterocycles. The Labute approximate surface area is 123 Å². The van der Waals surface area contributed by atoms with E-state index in [9.17, 15) is 0 Å². The zero-order valence-electron chi connectivity index (χ0n) is 13.4. The van der Waals surface area contributed by atoms with Gasteiger partial charge in [-0.2, -0.15) is 0 Å². The smallest absolute Gasteiger partial charge is 0.123 e. The maximum atomic E-state index is 5.52. The lowest BCUT2D eigenvalue weighted by atomic mass is 9.95. The van der Waals surface area contributed by atoms with Gasteiger partial charge in [-0.15, -0.1) is 0 Å². The zero-order valence-corrected chi connectivity index (χ0v) is 13.4. The van der Waals surface area contributed by atoms with Gasteiger partial charge in [-0.05, 0) is 38.7 Å². The lowest BCUT2D eigenvalue weighted by Crippen LogP contribution is -2.36. The van der Waals surface area contributed by atoms with Crippen molar-refractivity contribution in [2.75, 3.05) is 7.11 Å². The van der Waals surface area contributed by atoms with E-state index in [1.165, 1.54) is 43.2 Å². The van der Waals surface area contributed by atoms with Crippen molar-refractivity contribution in [2.45, 2.75) is 65.0 Å². The van der Waals surface area contributed by atoms with Gasteiger partial charge in [0.15, 0.2) is 0 Å². The number of benzene rings is 1. The van der Waals surface area contributed by atoms with E-state index < -0.39 is 0 Å². The molecule has 0 radical (unpaired) electrons. The topological polar surface area (TPSA) is 21.3 Å². The van der Waals surface area contributed by atoms with E-state index in [1.807, 2.05) is 0 Å². The minimum absolute atomic E-state index is 0.343. The predicted octanol–water partition coefficient (Wildman–Crippen LogP) is 4.62. The minimum atomic E-state index is 0.343. The maximum Gasteiger partial charge on any atom is 0.123 e. The molecular weight excluding hydrogens is 246 g/mol. The highest BCUT2D eigenvalue weighted by molar-refractivity contribution is 5.38. The number of aryl methyl sites for hydroxylation is 1. The van der Waals surface area contributed by atoms with Gasteiger partial charge in [-0.3, -0.25) is 0 Å². The van der Waals surface area contributed by atoms with Crippen molar-refractivity contribution in [3.63, 3.8) is 0 Å². The first-order valence-corrected chi connectivity index (χ1v) is 8.02. The molecule has 0 bridgehead atoms. The van der Waals surface area contributed by atoms with Crippen molar-refractivity contribution < 1.29 is 4.74 Å². The summed E-state index contributed by atoms with van der Waals surface area (Å²) >= 11 is 0. The first-order chi connectivity index (χ1) is 9.61. The van der Waals surface area contributed by atoms with Gasteiger partial charge in [0.1, 0.15) is 5.75 Å². The molecule has 2 nitrogen and oxygen atoms in total. The fraction of sp³-hybridized carbons (Fsp3) is 0.667. The molecule has 0 heterocycles. The summed E-state index contributed by atoms with van der Waals surface area (Å²) < 4.78 is 5.52. The molecule has 0 aliphatic heterocycles. The molecule has 1 saturated carbocycles. The number of rotatable bonds is 4. The van der Waals surface area contributed by atoms with Crippen molar-refractivity contribution in [1.29, 1.82) is 0 Å². The summed E-state index contributed by atoms with van der Waals surface area (Å²) in [4.78, 5) is 0. The van der Waals surface area contributed by atoms with Gasteiger partial charge in [0.25, 0.3) is 0 Å². The summed E-state index contributed by atoms with van der Waals surface area (Å²) in [5.74, 6) is 1.77. The lowest BCUT2D eigenvalue weighted by Gasteiger charge is -2.28. The second-order valence-electron chi connectivity index (χ2n) is 6.36. The standard InChI is InChI=1S/C18H29NO/c1-13-10-11-18(20-4)16(12-13)15(3)19-17-9-7-5-6-8-14(17)2/h10-12,14-15,17,19H,5-9H2,1-4H3. The summed E-state index contributed by atoms with van der Waals surface area (Å²) in [6.45, 7) is 6.79. The van der Waals surface area contributed by atoms with Crippen LogP contribution in [0.1, 0.15) is 63.1 Å². The number of methoxy groups -OCH3 is 1. The van der Waals surface area contributed by atoms with Crippen molar-refractivity contribution in [2.24, 2.45) is 5.92 Å². The molecule has 1 aliphatic carbocycles. The Morgan fingerprint density at radius 1 is 1.20 bits per heavy atom. The van der Waals surface area contributed by atoms with Crippen LogP contribution in [0.2, 0.25) is 0 Å². The van der Waals surface area contributed by atoms with Crippen molar-refractivity contribution in [1.82, 2.24) is 5.32 Å². The van der Waals surface area contributed by atoms with E-state index in [-0.39, 0.29) is 0 Å². The van der Waals surface area contributed by atoms with Gasteiger partial charge in [0.2, 0.25) is 0 Å². The summed E-state index contributed by atoms with van der Waals surface area (Å²) in [6.07, 6.45) is 6.81. The summed E-state index contributed by atoms with van der Waals surface area (Å²) in [5, 5.41) is 3.85. The van der Waals surface area contributed by atoms with E-state index in [1.54, 1.807) is 7.11 Å².